The minimum absolute atomic E-state index is 0.306. The van der Waals surface area contributed by atoms with Gasteiger partial charge in [0.05, 0.1) is 11.8 Å². The highest BCUT2D eigenvalue weighted by Gasteiger charge is 2.30. The Balaban J connectivity index is 2.45. The summed E-state index contributed by atoms with van der Waals surface area (Å²) in [5.74, 6) is 0. The molecule has 14 heavy (non-hydrogen) atoms. The van der Waals surface area contributed by atoms with E-state index >= 15 is 0 Å². The molecule has 73 valence electrons. The van der Waals surface area contributed by atoms with Gasteiger partial charge in [-0.1, -0.05) is 6.07 Å². The van der Waals surface area contributed by atoms with Crippen LogP contribution in [0.5, 0.6) is 0 Å². The predicted octanol–water partition coefficient (Wildman–Crippen LogP) is 2.90. The summed E-state index contributed by atoms with van der Waals surface area (Å²) in [6.45, 7) is 0.306. The van der Waals surface area contributed by atoms with Crippen LogP contribution >= 0.6 is 0 Å². The van der Waals surface area contributed by atoms with Crippen LogP contribution in [0.1, 0.15) is 16.7 Å². The first-order chi connectivity index (χ1) is 6.57. The minimum atomic E-state index is -4.30. The first-order valence-electron chi connectivity index (χ1n) is 3.97. The van der Waals surface area contributed by atoms with E-state index < -0.39 is 11.7 Å². The monoisotopic (exact) mass is 199 g/mol. The van der Waals surface area contributed by atoms with E-state index in [1.165, 1.54) is 12.3 Å². The van der Waals surface area contributed by atoms with Crippen LogP contribution in [0.3, 0.4) is 0 Å². The van der Waals surface area contributed by atoms with Crippen molar-refractivity contribution in [3.8, 4) is 0 Å². The highest BCUT2D eigenvalue weighted by molar-refractivity contribution is 5.37. The average Bonchev–Trinajstić information content (AvgIpc) is 2.16. The largest absolute Gasteiger partial charge is 0.496 e. The summed E-state index contributed by atoms with van der Waals surface area (Å²) in [4.78, 5) is 0. The molecule has 1 aliphatic rings. The standard InChI is InChI=1S/C10H6F3O/c11-10(12,13)9-2-1-8-6-14-4-3-7(8)5-9/h1-2,4-5H,6H2. The zero-order valence-corrected chi connectivity index (χ0v) is 7.06. The van der Waals surface area contributed by atoms with Crippen molar-refractivity contribution in [1.29, 1.82) is 0 Å². The highest BCUT2D eigenvalue weighted by atomic mass is 19.4. The Morgan fingerprint density at radius 2 is 2.07 bits per heavy atom. The van der Waals surface area contributed by atoms with Gasteiger partial charge in [0.15, 0.2) is 0 Å². The van der Waals surface area contributed by atoms with E-state index in [0.29, 0.717) is 12.2 Å². The molecule has 0 saturated carbocycles. The second-order valence-electron chi connectivity index (χ2n) is 2.94. The summed E-state index contributed by atoms with van der Waals surface area (Å²) < 4.78 is 41.8. The summed E-state index contributed by atoms with van der Waals surface area (Å²) >= 11 is 0. The molecule has 0 fully saturated rings. The van der Waals surface area contributed by atoms with Crippen LogP contribution in [0.2, 0.25) is 0 Å². The molecule has 1 heterocycles. The Bertz CT molecular complexity index is 379. The molecule has 1 nitrogen and oxygen atoms in total. The Labute approximate surface area is 78.8 Å². The molecular weight excluding hydrogens is 193 g/mol. The molecule has 2 rings (SSSR count). The molecule has 0 unspecified atom stereocenters. The normalized spacial score (nSPS) is 14.8. The van der Waals surface area contributed by atoms with Crippen molar-refractivity contribution in [3.05, 3.63) is 47.2 Å². The topological polar surface area (TPSA) is 9.23 Å². The molecule has 1 aromatic carbocycles. The van der Waals surface area contributed by atoms with E-state index in [2.05, 4.69) is 6.08 Å². The van der Waals surface area contributed by atoms with Gasteiger partial charge in [-0.25, -0.2) is 0 Å². The molecule has 0 N–H and O–H groups in total. The fourth-order valence-corrected chi connectivity index (χ4v) is 1.25. The fraction of sp³-hybridized carbons (Fsp3) is 0.200. The number of rotatable bonds is 0. The maximum atomic E-state index is 12.3. The Hall–Kier alpha value is -1.45. The van der Waals surface area contributed by atoms with Gasteiger partial charge < -0.3 is 4.74 Å². The van der Waals surface area contributed by atoms with Gasteiger partial charge in [-0.05, 0) is 23.3 Å². The summed E-state index contributed by atoms with van der Waals surface area (Å²) in [6.07, 6.45) is -0.388. The molecule has 0 aliphatic carbocycles. The van der Waals surface area contributed by atoms with Crippen LogP contribution in [0.15, 0.2) is 24.5 Å². The van der Waals surface area contributed by atoms with Crippen molar-refractivity contribution in [2.45, 2.75) is 12.8 Å². The third-order valence-electron chi connectivity index (χ3n) is 1.97. The fourth-order valence-electron chi connectivity index (χ4n) is 1.25. The van der Waals surface area contributed by atoms with E-state index in [4.69, 9.17) is 4.74 Å². The zero-order chi connectivity index (χ0) is 10.2. The zero-order valence-electron chi connectivity index (χ0n) is 7.06. The van der Waals surface area contributed by atoms with Gasteiger partial charge in [-0.2, -0.15) is 13.2 Å². The SMILES string of the molecule is FC(F)(F)c1ccc2c(c1)[C]=COC2. The number of benzene rings is 1. The van der Waals surface area contributed by atoms with Gasteiger partial charge in [-0.3, -0.25) is 0 Å². The number of ether oxygens (including phenoxy) is 1. The van der Waals surface area contributed by atoms with Crippen LogP contribution in [0, 0.1) is 6.08 Å². The second kappa shape index (κ2) is 3.04. The van der Waals surface area contributed by atoms with Crippen LogP contribution < -0.4 is 0 Å². The van der Waals surface area contributed by atoms with Gasteiger partial charge in [0.1, 0.15) is 6.61 Å². The van der Waals surface area contributed by atoms with Crippen molar-refractivity contribution in [1.82, 2.24) is 0 Å². The van der Waals surface area contributed by atoms with E-state index in [-0.39, 0.29) is 0 Å². The third-order valence-corrected chi connectivity index (χ3v) is 1.97. The van der Waals surface area contributed by atoms with Crippen LogP contribution in [0.4, 0.5) is 13.2 Å². The molecule has 1 aliphatic heterocycles. The Morgan fingerprint density at radius 1 is 1.29 bits per heavy atom. The second-order valence-corrected chi connectivity index (χ2v) is 2.94. The molecule has 0 aromatic heterocycles. The minimum Gasteiger partial charge on any atom is -0.496 e. The number of fused-ring (bicyclic) bond motifs is 1. The van der Waals surface area contributed by atoms with Gasteiger partial charge in [0.2, 0.25) is 0 Å². The Morgan fingerprint density at radius 3 is 2.79 bits per heavy atom. The lowest BCUT2D eigenvalue weighted by Crippen LogP contribution is -2.07. The first-order valence-corrected chi connectivity index (χ1v) is 3.97. The van der Waals surface area contributed by atoms with Gasteiger partial charge in [-0.15, -0.1) is 0 Å². The number of alkyl halides is 3. The summed E-state index contributed by atoms with van der Waals surface area (Å²) in [5, 5.41) is 0. The number of halogens is 3. The van der Waals surface area contributed by atoms with Crippen molar-refractivity contribution < 1.29 is 17.9 Å². The van der Waals surface area contributed by atoms with Crippen LogP contribution in [0.25, 0.3) is 0 Å². The summed E-state index contributed by atoms with van der Waals surface area (Å²) in [5.41, 5.74) is 0.519. The van der Waals surface area contributed by atoms with E-state index in [1.54, 1.807) is 0 Å². The molecule has 0 bridgehead atoms. The third kappa shape index (κ3) is 1.60. The van der Waals surface area contributed by atoms with Crippen LogP contribution in [-0.2, 0) is 17.5 Å². The van der Waals surface area contributed by atoms with Crippen LogP contribution in [-0.4, -0.2) is 0 Å². The lowest BCUT2D eigenvalue weighted by molar-refractivity contribution is -0.137. The molecule has 4 heteroatoms. The Kier molecular flexibility index (Phi) is 1.98. The number of hydrogen-bond donors (Lipinski definition) is 0. The highest BCUT2D eigenvalue weighted by Crippen LogP contribution is 2.31. The van der Waals surface area contributed by atoms with E-state index in [1.807, 2.05) is 0 Å². The first kappa shape index (κ1) is 9.12. The van der Waals surface area contributed by atoms with Crippen molar-refractivity contribution in [3.63, 3.8) is 0 Å². The lowest BCUT2D eigenvalue weighted by Gasteiger charge is -2.13. The molecule has 1 aromatic rings. The maximum Gasteiger partial charge on any atom is 0.416 e. The average molecular weight is 199 g/mol. The molecule has 0 atom stereocenters. The van der Waals surface area contributed by atoms with Crippen molar-refractivity contribution >= 4 is 0 Å². The molecule has 0 amide bonds. The predicted molar refractivity (Wildman–Crippen MR) is 43.1 cm³/mol. The summed E-state index contributed by atoms with van der Waals surface area (Å²) in [6, 6.07) is 3.54. The van der Waals surface area contributed by atoms with E-state index in [9.17, 15) is 13.2 Å². The van der Waals surface area contributed by atoms with E-state index in [0.717, 1.165) is 17.7 Å². The molecular formula is C10H6F3O. The summed E-state index contributed by atoms with van der Waals surface area (Å²) in [7, 11) is 0. The van der Waals surface area contributed by atoms with Gasteiger partial charge in [0, 0.05) is 6.08 Å². The van der Waals surface area contributed by atoms with Crippen molar-refractivity contribution in [2.75, 3.05) is 0 Å². The molecule has 0 spiro atoms. The maximum absolute atomic E-state index is 12.3. The lowest BCUT2D eigenvalue weighted by atomic mass is 10.0. The quantitative estimate of drug-likeness (QED) is 0.624. The van der Waals surface area contributed by atoms with Gasteiger partial charge >= 0.3 is 6.18 Å². The van der Waals surface area contributed by atoms with Crippen molar-refractivity contribution in [2.24, 2.45) is 0 Å². The molecule has 0 saturated heterocycles. The smallest absolute Gasteiger partial charge is 0.416 e. The van der Waals surface area contributed by atoms with Gasteiger partial charge in [0.25, 0.3) is 0 Å². The number of hydrogen-bond acceptors (Lipinski definition) is 1. The molecule has 1 radical (unpaired) electrons.